The highest BCUT2D eigenvalue weighted by molar-refractivity contribution is 7.98. The fraction of sp³-hybridized carbons (Fsp3) is 0.350. The van der Waals surface area contributed by atoms with Crippen LogP contribution in [-0.4, -0.2) is 33.2 Å². The van der Waals surface area contributed by atoms with Crippen LogP contribution in [0.5, 0.6) is 0 Å². The molecule has 1 fully saturated rings. The van der Waals surface area contributed by atoms with E-state index in [1.165, 1.54) is 42.1 Å². The molecule has 0 radical (unpaired) electrons. The quantitative estimate of drug-likeness (QED) is 0.689. The third-order valence-electron chi connectivity index (χ3n) is 4.75. The molecule has 5 nitrogen and oxygen atoms in total. The molecule has 0 saturated heterocycles. The van der Waals surface area contributed by atoms with E-state index in [1.54, 1.807) is 12.1 Å². The number of sulfonamides is 1. The highest BCUT2D eigenvalue weighted by Gasteiger charge is 2.28. The van der Waals surface area contributed by atoms with E-state index in [4.69, 9.17) is 0 Å². The van der Waals surface area contributed by atoms with E-state index in [0.29, 0.717) is 0 Å². The van der Waals surface area contributed by atoms with Crippen molar-refractivity contribution in [1.82, 2.24) is 5.32 Å². The van der Waals surface area contributed by atoms with Gasteiger partial charge in [0.15, 0.2) is 0 Å². The number of anilines is 1. The fourth-order valence-electron chi connectivity index (χ4n) is 3.30. The van der Waals surface area contributed by atoms with E-state index in [9.17, 15) is 17.6 Å². The number of benzene rings is 2. The zero-order valence-corrected chi connectivity index (χ0v) is 17.2. The highest BCUT2D eigenvalue weighted by atomic mass is 32.2. The van der Waals surface area contributed by atoms with Gasteiger partial charge in [0, 0.05) is 10.9 Å². The molecule has 0 bridgehead atoms. The number of halogens is 1. The van der Waals surface area contributed by atoms with E-state index < -0.39 is 22.4 Å². The highest BCUT2D eigenvalue weighted by Crippen LogP contribution is 2.26. The van der Waals surface area contributed by atoms with Crippen LogP contribution in [0.3, 0.4) is 0 Å². The summed E-state index contributed by atoms with van der Waals surface area (Å²) in [5, 5.41) is 2.89. The number of nitrogens with one attached hydrogen (secondary N) is 1. The van der Waals surface area contributed by atoms with Gasteiger partial charge < -0.3 is 5.32 Å². The van der Waals surface area contributed by atoms with Crippen molar-refractivity contribution in [2.24, 2.45) is 0 Å². The third-order valence-corrected chi connectivity index (χ3v) is 7.28. The summed E-state index contributed by atoms with van der Waals surface area (Å²) in [5.41, 5.74) is 0.121. The molecule has 0 unspecified atom stereocenters. The van der Waals surface area contributed by atoms with Crippen molar-refractivity contribution in [1.29, 1.82) is 0 Å². The summed E-state index contributed by atoms with van der Waals surface area (Å²) in [5.74, 6) is -0.952. The minimum atomic E-state index is -4.03. The first-order chi connectivity index (χ1) is 13.4. The van der Waals surface area contributed by atoms with Crippen LogP contribution < -0.4 is 9.62 Å². The maximum Gasteiger partial charge on any atom is 0.264 e. The van der Waals surface area contributed by atoms with Crippen LogP contribution in [0.1, 0.15) is 25.7 Å². The van der Waals surface area contributed by atoms with Gasteiger partial charge in [0.1, 0.15) is 12.4 Å². The second-order valence-corrected chi connectivity index (χ2v) is 9.46. The van der Waals surface area contributed by atoms with Crippen molar-refractivity contribution in [3.8, 4) is 0 Å². The van der Waals surface area contributed by atoms with Gasteiger partial charge in [-0.05, 0) is 61.6 Å². The van der Waals surface area contributed by atoms with Gasteiger partial charge in [-0.25, -0.2) is 12.8 Å². The molecule has 1 amide bonds. The topological polar surface area (TPSA) is 66.5 Å². The minimum absolute atomic E-state index is 0.0585. The van der Waals surface area contributed by atoms with Gasteiger partial charge in [0.25, 0.3) is 10.0 Å². The Labute approximate surface area is 169 Å². The minimum Gasteiger partial charge on any atom is -0.352 e. The third kappa shape index (κ3) is 4.86. The first-order valence-electron chi connectivity index (χ1n) is 9.12. The number of nitrogens with zero attached hydrogens (tertiary/aromatic N) is 1. The molecule has 0 spiro atoms. The Bertz CT molecular complexity index is 927. The Morgan fingerprint density at radius 3 is 2.46 bits per heavy atom. The lowest BCUT2D eigenvalue weighted by Crippen LogP contribution is -2.43. The standard InChI is InChI=1S/C20H23FN2O3S2/c1-27-18-9-11-19(12-10-18)28(25,26)23(17-8-4-5-15(21)13-17)14-20(24)22-16-6-2-3-7-16/h4-5,8-13,16H,2-3,6-7,14H2,1H3,(H,22,24). The van der Waals surface area contributed by atoms with E-state index in [0.717, 1.165) is 41.0 Å². The molecule has 3 rings (SSSR count). The molecule has 1 saturated carbocycles. The Morgan fingerprint density at radius 1 is 1.18 bits per heavy atom. The number of carbonyl (C=O) groups excluding carboxylic acids is 1. The molecule has 1 aliphatic rings. The van der Waals surface area contributed by atoms with Crippen LogP contribution in [0.15, 0.2) is 58.3 Å². The van der Waals surface area contributed by atoms with Gasteiger partial charge >= 0.3 is 0 Å². The number of thioether (sulfide) groups is 1. The molecule has 150 valence electrons. The molecular formula is C20H23FN2O3S2. The average Bonchev–Trinajstić information content (AvgIpc) is 3.19. The van der Waals surface area contributed by atoms with E-state index in [-0.39, 0.29) is 22.5 Å². The van der Waals surface area contributed by atoms with E-state index in [1.807, 2.05) is 6.26 Å². The van der Waals surface area contributed by atoms with Crippen molar-refractivity contribution >= 4 is 33.4 Å². The molecule has 0 aliphatic heterocycles. The molecule has 1 N–H and O–H groups in total. The molecule has 0 aromatic heterocycles. The maximum atomic E-state index is 13.8. The summed E-state index contributed by atoms with van der Waals surface area (Å²) in [4.78, 5) is 13.5. The number of carbonyl (C=O) groups is 1. The van der Waals surface area contributed by atoms with Gasteiger partial charge in [-0.1, -0.05) is 18.9 Å². The summed E-state index contributed by atoms with van der Waals surface area (Å²) in [7, 11) is -4.03. The second kappa shape index (κ2) is 8.96. The SMILES string of the molecule is CSc1ccc(S(=O)(=O)N(CC(=O)NC2CCCC2)c2cccc(F)c2)cc1. The summed E-state index contributed by atoms with van der Waals surface area (Å²) >= 11 is 1.50. The first kappa shape index (κ1) is 20.7. The zero-order valence-electron chi connectivity index (χ0n) is 15.6. The van der Waals surface area contributed by atoms with E-state index >= 15 is 0 Å². The molecule has 0 atom stereocenters. The van der Waals surface area contributed by atoms with Gasteiger partial charge in [-0.3, -0.25) is 9.10 Å². The van der Waals surface area contributed by atoms with Gasteiger partial charge in [-0.15, -0.1) is 11.8 Å². The van der Waals surface area contributed by atoms with Crippen LogP contribution >= 0.6 is 11.8 Å². The molecule has 2 aromatic rings. The van der Waals surface area contributed by atoms with Crippen LogP contribution in [0.25, 0.3) is 0 Å². The summed E-state index contributed by atoms with van der Waals surface area (Å²) in [6, 6.07) is 11.8. The second-order valence-electron chi connectivity index (χ2n) is 6.72. The van der Waals surface area contributed by atoms with Gasteiger partial charge in [0.2, 0.25) is 5.91 Å². The number of hydrogen-bond donors (Lipinski definition) is 1. The van der Waals surface area contributed by atoms with Crippen LogP contribution in [0.4, 0.5) is 10.1 Å². The van der Waals surface area contributed by atoms with Crippen LogP contribution in [0.2, 0.25) is 0 Å². The van der Waals surface area contributed by atoms with Crippen molar-refractivity contribution in [3.63, 3.8) is 0 Å². The van der Waals surface area contributed by atoms with Crippen molar-refractivity contribution in [2.45, 2.75) is 41.5 Å². The summed E-state index contributed by atoms with van der Waals surface area (Å²) < 4.78 is 41.2. The summed E-state index contributed by atoms with van der Waals surface area (Å²) in [6.45, 7) is -0.396. The Hall–Kier alpha value is -2.06. The Balaban J connectivity index is 1.91. The van der Waals surface area contributed by atoms with E-state index in [2.05, 4.69) is 5.32 Å². The van der Waals surface area contributed by atoms with Crippen molar-refractivity contribution < 1.29 is 17.6 Å². The van der Waals surface area contributed by atoms with Crippen molar-refractivity contribution in [2.75, 3.05) is 17.1 Å². The lowest BCUT2D eigenvalue weighted by Gasteiger charge is -2.25. The Morgan fingerprint density at radius 2 is 1.86 bits per heavy atom. The van der Waals surface area contributed by atoms with Gasteiger partial charge in [0.05, 0.1) is 10.6 Å². The fourth-order valence-corrected chi connectivity index (χ4v) is 5.12. The summed E-state index contributed by atoms with van der Waals surface area (Å²) in [6.07, 6.45) is 5.80. The number of rotatable bonds is 7. The predicted molar refractivity (Wildman–Crippen MR) is 110 cm³/mol. The number of hydrogen-bond acceptors (Lipinski definition) is 4. The predicted octanol–water partition coefficient (Wildman–Crippen LogP) is 3.80. The number of amides is 1. The molecular weight excluding hydrogens is 399 g/mol. The Kier molecular flexibility index (Phi) is 6.61. The van der Waals surface area contributed by atoms with Crippen LogP contribution in [0, 0.1) is 5.82 Å². The largest absolute Gasteiger partial charge is 0.352 e. The molecule has 0 heterocycles. The molecule has 1 aliphatic carbocycles. The first-order valence-corrected chi connectivity index (χ1v) is 11.8. The van der Waals surface area contributed by atoms with Gasteiger partial charge in [-0.2, -0.15) is 0 Å². The average molecular weight is 423 g/mol. The molecule has 8 heteroatoms. The van der Waals surface area contributed by atoms with Crippen molar-refractivity contribution in [3.05, 3.63) is 54.3 Å². The monoisotopic (exact) mass is 422 g/mol. The maximum absolute atomic E-state index is 13.8. The smallest absolute Gasteiger partial charge is 0.264 e. The zero-order chi connectivity index (χ0) is 20.1. The molecule has 2 aromatic carbocycles. The lowest BCUT2D eigenvalue weighted by atomic mass is 10.2. The lowest BCUT2D eigenvalue weighted by molar-refractivity contribution is -0.120. The van der Waals surface area contributed by atoms with Crippen LogP contribution in [-0.2, 0) is 14.8 Å². The normalized spacial score (nSPS) is 14.8. The molecule has 28 heavy (non-hydrogen) atoms.